The summed E-state index contributed by atoms with van der Waals surface area (Å²) >= 11 is 0. The van der Waals surface area contributed by atoms with Gasteiger partial charge in [0.05, 0.1) is 0 Å². The summed E-state index contributed by atoms with van der Waals surface area (Å²) in [6, 6.07) is 9.69. The molecule has 0 bridgehead atoms. The summed E-state index contributed by atoms with van der Waals surface area (Å²) in [6.07, 6.45) is 21.8. The van der Waals surface area contributed by atoms with Gasteiger partial charge in [-0.15, -0.1) is 6.58 Å². The van der Waals surface area contributed by atoms with Crippen LogP contribution in [-0.4, -0.2) is 0 Å². The third-order valence-electron chi connectivity index (χ3n) is 7.63. The molecule has 3 rings (SSSR count). The summed E-state index contributed by atoms with van der Waals surface area (Å²) in [4.78, 5) is 0. The normalized spacial score (nSPS) is 28.8. The van der Waals surface area contributed by atoms with Crippen LogP contribution in [0.4, 0.5) is 0 Å². The van der Waals surface area contributed by atoms with Gasteiger partial charge in [-0.3, -0.25) is 0 Å². The van der Waals surface area contributed by atoms with Crippen molar-refractivity contribution in [3.8, 4) is 0 Å². The highest BCUT2D eigenvalue weighted by Crippen LogP contribution is 2.44. The molecule has 0 radical (unpaired) electrons. The van der Waals surface area contributed by atoms with Gasteiger partial charge in [-0.25, -0.2) is 0 Å². The van der Waals surface area contributed by atoms with Crippen LogP contribution in [0.25, 0.3) is 0 Å². The maximum Gasteiger partial charge on any atom is -0.0162 e. The van der Waals surface area contributed by atoms with E-state index in [2.05, 4.69) is 43.8 Å². The molecule has 2 aliphatic rings. The molecule has 2 aliphatic carbocycles. The third kappa shape index (κ3) is 6.23. The van der Waals surface area contributed by atoms with E-state index in [1.165, 1.54) is 95.5 Å². The van der Waals surface area contributed by atoms with Gasteiger partial charge in [-0.2, -0.15) is 0 Å². The molecule has 1 aromatic carbocycles. The Balaban J connectivity index is 1.40. The van der Waals surface area contributed by atoms with Crippen molar-refractivity contribution in [2.45, 2.75) is 103 Å². The van der Waals surface area contributed by atoms with Gasteiger partial charge < -0.3 is 0 Å². The van der Waals surface area contributed by atoms with Gasteiger partial charge in [-0.1, -0.05) is 62.9 Å². The number of hydrogen-bond donors (Lipinski definition) is 0. The fourth-order valence-corrected chi connectivity index (χ4v) is 5.76. The predicted molar refractivity (Wildman–Crippen MR) is 119 cm³/mol. The van der Waals surface area contributed by atoms with E-state index in [9.17, 15) is 0 Å². The van der Waals surface area contributed by atoms with Crippen LogP contribution in [0.2, 0.25) is 0 Å². The van der Waals surface area contributed by atoms with E-state index >= 15 is 0 Å². The molecule has 0 unspecified atom stereocenters. The second-order valence-corrected chi connectivity index (χ2v) is 9.46. The van der Waals surface area contributed by atoms with Crippen molar-refractivity contribution < 1.29 is 0 Å². The summed E-state index contributed by atoms with van der Waals surface area (Å²) in [5, 5.41) is 0. The topological polar surface area (TPSA) is 0 Å². The van der Waals surface area contributed by atoms with E-state index < -0.39 is 0 Å². The van der Waals surface area contributed by atoms with Gasteiger partial charge in [0.1, 0.15) is 0 Å². The number of aryl methyl sites for hydroxylation is 1. The zero-order valence-electron chi connectivity index (χ0n) is 17.8. The van der Waals surface area contributed by atoms with Gasteiger partial charge in [0, 0.05) is 0 Å². The largest absolute Gasteiger partial charge is 0.103 e. The first-order valence-electron chi connectivity index (χ1n) is 12.0. The van der Waals surface area contributed by atoms with E-state index in [0.717, 1.165) is 23.7 Å². The van der Waals surface area contributed by atoms with Crippen LogP contribution in [-0.2, 0) is 6.42 Å². The Labute approximate surface area is 168 Å². The first-order valence-corrected chi connectivity index (χ1v) is 12.0. The molecule has 0 heterocycles. The first kappa shape index (κ1) is 20.7. The molecule has 0 heteroatoms. The lowest BCUT2D eigenvalue weighted by molar-refractivity contribution is 0.157. The standard InChI is InChI=1S/C27H42/c1-3-5-7-9-23-12-16-25(17-13-23)27-20-18-26(19-21-27)24-14-10-22(11-15-24)8-6-4-2/h4,12-13,16-17,22,24,26-27H,2-3,5-11,14-15,18-21H2,1H3. The molecule has 2 saturated carbocycles. The van der Waals surface area contributed by atoms with E-state index in [-0.39, 0.29) is 0 Å². The predicted octanol–water partition coefficient (Wildman–Crippen LogP) is 8.47. The van der Waals surface area contributed by atoms with Crippen LogP contribution < -0.4 is 0 Å². The molecule has 0 N–H and O–H groups in total. The fourth-order valence-electron chi connectivity index (χ4n) is 5.76. The van der Waals surface area contributed by atoms with Crippen molar-refractivity contribution in [1.29, 1.82) is 0 Å². The second-order valence-electron chi connectivity index (χ2n) is 9.46. The minimum absolute atomic E-state index is 0.829. The third-order valence-corrected chi connectivity index (χ3v) is 7.63. The molecule has 150 valence electrons. The van der Waals surface area contributed by atoms with Gasteiger partial charge in [-0.05, 0) is 99.0 Å². The van der Waals surface area contributed by atoms with E-state index in [4.69, 9.17) is 0 Å². The highest BCUT2D eigenvalue weighted by molar-refractivity contribution is 5.26. The monoisotopic (exact) mass is 366 g/mol. The van der Waals surface area contributed by atoms with Crippen molar-refractivity contribution in [1.82, 2.24) is 0 Å². The zero-order chi connectivity index (χ0) is 18.9. The molecule has 27 heavy (non-hydrogen) atoms. The quantitative estimate of drug-likeness (QED) is 0.304. The summed E-state index contributed by atoms with van der Waals surface area (Å²) in [5.74, 6) is 3.88. The summed E-state index contributed by atoms with van der Waals surface area (Å²) in [6.45, 7) is 6.17. The van der Waals surface area contributed by atoms with E-state index in [1.807, 2.05) is 0 Å². The average Bonchev–Trinajstić information content (AvgIpc) is 2.73. The fraction of sp³-hybridized carbons (Fsp3) is 0.704. The molecule has 2 fully saturated rings. The van der Waals surface area contributed by atoms with E-state index in [0.29, 0.717) is 0 Å². The van der Waals surface area contributed by atoms with Crippen LogP contribution in [0.15, 0.2) is 36.9 Å². The number of benzene rings is 1. The number of unbranched alkanes of at least 4 members (excludes halogenated alkanes) is 2. The minimum atomic E-state index is 0.829. The number of hydrogen-bond acceptors (Lipinski definition) is 0. The van der Waals surface area contributed by atoms with Gasteiger partial charge in [0.25, 0.3) is 0 Å². The molecule has 0 aromatic heterocycles. The van der Waals surface area contributed by atoms with Crippen molar-refractivity contribution in [3.63, 3.8) is 0 Å². The lowest BCUT2D eigenvalue weighted by atomic mass is 9.68. The van der Waals surface area contributed by atoms with Crippen LogP contribution in [0.5, 0.6) is 0 Å². The van der Waals surface area contributed by atoms with Crippen LogP contribution in [0.3, 0.4) is 0 Å². The Hall–Kier alpha value is -1.04. The highest BCUT2D eigenvalue weighted by Gasteiger charge is 2.31. The van der Waals surface area contributed by atoms with Gasteiger partial charge in [0.15, 0.2) is 0 Å². The van der Waals surface area contributed by atoms with Crippen LogP contribution >= 0.6 is 0 Å². The van der Waals surface area contributed by atoms with Crippen molar-refractivity contribution >= 4 is 0 Å². The summed E-state index contributed by atoms with van der Waals surface area (Å²) in [7, 11) is 0. The number of rotatable bonds is 9. The molecule has 0 spiro atoms. The molecular formula is C27H42. The van der Waals surface area contributed by atoms with Crippen molar-refractivity contribution in [2.75, 3.05) is 0 Å². The summed E-state index contributed by atoms with van der Waals surface area (Å²) < 4.78 is 0. The second kappa shape index (κ2) is 11.1. The molecule has 0 saturated heterocycles. The zero-order valence-corrected chi connectivity index (χ0v) is 17.8. The Morgan fingerprint density at radius 1 is 0.852 bits per heavy atom. The maximum absolute atomic E-state index is 3.89. The molecule has 0 atom stereocenters. The molecule has 0 aliphatic heterocycles. The first-order chi connectivity index (χ1) is 13.3. The lowest BCUT2D eigenvalue weighted by Gasteiger charge is -2.38. The highest BCUT2D eigenvalue weighted by atomic mass is 14.4. The van der Waals surface area contributed by atoms with Crippen molar-refractivity contribution in [3.05, 3.63) is 48.0 Å². The van der Waals surface area contributed by atoms with Crippen molar-refractivity contribution in [2.24, 2.45) is 17.8 Å². The average molecular weight is 367 g/mol. The van der Waals surface area contributed by atoms with E-state index in [1.54, 1.807) is 5.56 Å². The molecule has 0 nitrogen and oxygen atoms in total. The molecule has 0 amide bonds. The Morgan fingerprint density at radius 3 is 2.07 bits per heavy atom. The SMILES string of the molecule is C=CCCC1CCC(C2CCC(c3ccc(CCCCC)cc3)CC2)CC1. The molecule has 1 aromatic rings. The minimum Gasteiger partial charge on any atom is -0.103 e. The molecular weight excluding hydrogens is 324 g/mol. The Morgan fingerprint density at radius 2 is 1.48 bits per heavy atom. The smallest absolute Gasteiger partial charge is 0.0162 e. The Kier molecular flexibility index (Phi) is 8.49. The van der Waals surface area contributed by atoms with Gasteiger partial charge >= 0.3 is 0 Å². The lowest BCUT2D eigenvalue weighted by Crippen LogP contribution is -2.25. The van der Waals surface area contributed by atoms with Gasteiger partial charge in [0.2, 0.25) is 0 Å². The van der Waals surface area contributed by atoms with Crippen LogP contribution in [0.1, 0.15) is 107 Å². The summed E-state index contributed by atoms with van der Waals surface area (Å²) in [5.41, 5.74) is 3.15. The van der Waals surface area contributed by atoms with Crippen LogP contribution in [0, 0.1) is 17.8 Å². The Bertz CT molecular complexity index is 524. The number of allylic oxidation sites excluding steroid dienone is 1. The maximum atomic E-state index is 3.89.